The van der Waals surface area contributed by atoms with E-state index in [1.54, 1.807) is 7.11 Å². The van der Waals surface area contributed by atoms with Crippen molar-refractivity contribution in [2.75, 3.05) is 20.3 Å². The zero-order valence-corrected chi connectivity index (χ0v) is 15.0. The second kappa shape index (κ2) is 8.60. The molecule has 0 unspecified atom stereocenters. The number of aryl methyl sites for hydroxylation is 1. The van der Waals surface area contributed by atoms with Gasteiger partial charge in [0.25, 0.3) is 0 Å². The van der Waals surface area contributed by atoms with Gasteiger partial charge in [0.2, 0.25) is 0 Å². The van der Waals surface area contributed by atoms with Crippen molar-refractivity contribution in [1.29, 1.82) is 0 Å². The minimum Gasteiger partial charge on any atom is -0.493 e. The first-order chi connectivity index (χ1) is 11.5. The monoisotopic (exact) mass is 329 g/mol. The van der Waals surface area contributed by atoms with E-state index in [0.717, 1.165) is 11.3 Å². The second-order valence-electron chi connectivity index (χ2n) is 6.06. The Morgan fingerprint density at radius 3 is 2.33 bits per heavy atom. The van der Waals surface area contributed by atoms with Gasteiger partial charge in [0.15, 0.2) is 11.5 Å². The van der Waals surface area contributed by atoms with Crippen LogP contribution in [0, 0.1) is 6.92 Å². The molecule has 0 aliphatic rings. The fraction of sp³-hybridized carbons (Fsp3) is 0.400. The van der Waals surface area contributed by atoms with E-state index in [0.29, 0.717) is 37.2 Å². The number of hydrogen-bond acceptors (Lipinski definition) is 4. The van der Waals surface area contributed by atoms with Crippen LogP contribution in [0.5, 0.6) is 17.2 Å². The Morgan fingerprint density at radius 1 is 0.958 bits per heavy atom. The molecular formula is C20H27NO3. The molecule has 0 bridgehead atoms. The average Bonchev–Trinajstić information content (AvgIpc) is 2.58. The fourth-order valence-corrected chi connectivity index (χ4v) is 2.66. The summed E-state index contributed by atoms with van der Waals surface area (Å²) in [6, 6.07) is 11.9. The van der Waals surface area contributed by atoms with Crippen LogP contribution in [0.3, 0.4) is 0 Å². The van der Waals surface area contributed by atoms with Crippen LogP contribution in [-0.2, 0) is 6.54 Å². The van der Waals surface area contributed by atoms with Crippen LogP contribution in [-0.4, -0.2) is 20.3 Å². The van der Waals surface area contributed by atoms with E-state index in [2.05, 4.69) is 32.9 Å². The summed E-state index contributed by atoms with van der Waals surface area (Å²) in [7, 11) is 1.62. The molecule has 130 valence electrons. The average molecular weight is 329 g/mol. The van der Waals surface area contributed by atoms with Crippen LogP contribution < -0.4 is 19.9 Å². The highest BCUT2D eigenvalue weighted by Gasteiger charge is 2.07. The number of methoxy groups -OCH3 is 1. The number of ether oxygens (including phenoxy) is 3. The molecule has 0 aliphatic heterocycles. The standard InChI is InChI=1S/C20H27NO3/c1-14(2)18-7-6-17(11-15(18)3)23-9-10-24-20-12-16(13-21)5-8-19(20)22-4/h5-8,11-12,14H,9-10,13,21H2,1-4H3. The van der Waals surface area contributed by atoms with Crippen molar-refractivity contribution in [3.8, 4) is 17.2 Å². The minimum atomic E-state index is 0.440. The molecule has 24 heavy (non-hydrogen) atoms. The van der Waals surface area contributed by atoms with Crippen LogP contribution >= 0.6 is 0 Å². The van der Waals surface area contributed by atoms with E-state index in [9.17, 15) is 0 Å². The Balaban J connectivity index is 1.90. The molecule has 4 nitrogen and oxygen atoms in total. The van der Waals surface area contributed by atoms with Crippen molar-refractivity contribution in [1.82, 2.24) is 0 Å². The van der Waals surface area contributed by atoms with Crippen LogP contribution in [0.1, 0.15) is 36.5 Å². The van der Waals surface area contributed by atoms with Crippen molar-refractivity contribution >= 4 is 0 Å². The molecule has 2 aromatic carbocycles. The Kier molecular flexibility index (Phi) is 6.50. The maximum Gasteiger partial charge on any atom is 0.161 e. The summed E-state index contributed by atoms with van der Waals surface area (Å²) in [5, 5.41) is 0. The smallest absolute Gasteiger partial charge is 0.161 e. The topological polar surface area (TPSA) is 53.7 Å². The predicted molar refractivity (Wildman–Crippen MR) is 97.1 cm³/mol. The Labute approximate surface area is 144 Å². The summed E-state index contributed by atoms with van der Waals surface area (Å²) >= 11 is 0. The zero-order chi connectivity index (χ0) is 17.5. The summed E-state index contributed by atoms with van der Waals surface area (Å²) in [6.45, 7) is 7.88. The second-order valence-corrected chi connectivity index (χ2v) is 6.06. The van der Waals surface area contributed by atoms with E-state index in [-0.39, 0.29) is 0 Å². The van der Waals surface area contributed by atoms with Crippen LogP contribution in [0.15, 0.2) is 36.4 Å². The summed E-state index contributed by atoms with van der Waals surface area (Å²) in [5.74, 6) is 2.77. The van der Waals surface area contributed by atoms with Crippen molar-refractivity contribution in [3.63, 3.8) is 0 Å². The third kappa shape index (κ3) is 4.65. The first kappa shape index (κ1) is 18.1. The summed E-state index contributed by atoms with van der Waals surface area (Å²) in [5.41, 5.74) is 9.27. The van der Waals surface area contributed by atoms with Crippen LogP contribution in [0.2, 0.25) is 0 Å². The van der Waals surface area contributed by atoms with Crippen LogP contribution in [0.25, 0.3) is 0 Å². The molecule has 0 aromatic heterocycles. The zero-order valence-electron chi connectivity index (χ0n) is 15.0. The molecule has 0 heterocycles. The molecule has 0 aliphatic carbocycles. The van der Waals surface area contributed by atoms with Crippen molar-refractivity contribution in [3.05, 3.63) is 53.1 Å². The van der Waals surface area contributed by atoms with Gasteiger partial charge in [-0.25, -0.2) is 0 Å². The minimum absolute atomic E-state index is 0.440. The Bertz CT molecular complexity index is 668. The lowest BCUT2D eigenvalue weighted by molar-refractivity contribution is 0.211. The van der Waals surface area contributed by atoms with Gasteiger partial charge in [0.05, 0.1) is 7.11 Å². The van der Waals surface area contributed by atoms with Crippen LogP contribution in [0.4, 0.5) is 0 Å². The molecule has 0 saturated carbocycles. The third-order valence-electron chi connectivity index (χ3n) is 3.94. The number of nitrogens with two attached hydrogens (primary N) is 1. The lowest BCUT2D eigenvalue weighted by atomic mass is 9.98. The molecule has 0 atom stereocenters. The van der Waals surface area contributed by atoms with E-state index in [1.807, 2.05) is 24.3 Å². The number of rotatable bonds is 8. The van der Waals surface area contributed by atoms with Gasteiger partial charge < -0.3 is 19.9 Å². The van der Waals surface area contributed by atoms with Gasteiger partial charge >= 0.3 is 0 Å². The maximum atomic E-state index is 5.78. The van der Waals surface area contributed by atoms with Crippen molar-refractivity contribution in [2.45, 2.75) is 33.2 Å². The SMILES string of the molecule is COc1ccc(CN)cc1OCCOc1ccc(C(C)C)c(C)c1. The van der Waals surface area contributed by atoms with Gasteiger partial charge in [0.1, 0.15) is 19.0 Å². The number of hydrogen-bond donors (Lipinski definition) is 1. The fourth-order valence-electron chi connectivity index (χ4n) is 2.66. The molecular weight excluding hydrogens is 302 g/mol. The molecule has 2 aromatic rings. The quantitative estimate of drug-likeness (QED) is 0.743. The third-order valence-corrected chi connectivity index (χ3v) is 3.94. The van der Waals surface area contributed by atoms with Gasteiger partial charge in [-0.05, 0) is 53.8 Å². The molecule has 4 heteroatoms. The molecule has 0 radical (unpaired) electrons. The van der Waals surface area contributed by atoms with Crippen molar-refractivity contribution < 1.29 is 14.2 Å². The van der Waals surface area contributed by atoms with E-state index in [4.69, 9.17) is 19.9 Å². The lowest BCUT2D eigenvalue weighted by Gasteiger charge is -2.14. The van der Waals surface area contributed by atoms with E-state index < -0.39 is 0 Å². The van der Waals surface area contributed by atoms with Gasteiger partial charge in [-0.3, -0.25) is 0 Å². The molecule has 2 rings (SSSR count). The molecule has 0 saturated heterocycles. The van der Waals surface area contributed by atoms with Crippen molar-refractivity contribution in [2.24, 2.45) is 5.73 Å². The van der Waals surface area contributed by atoms with E-state index in [1.165, 1.54) is 11.1 Å². The molecule has 0 amide bonds. The molecule has 2 N–H and O–H groups in total. The predicted octanol–water partition coefficient (Wildman–Crippen LogP) is 4.04. The maximum absolute atomic E-state index is 5.78. The van der Waals surface area contributed by atoms with Gasteiger partial charge in [-0.15, -0.1) is 0 Å². The summed E-state index contributed by atoms with van der Waals surface area (Å²) in [6.07, 6.45) is 0. The van der Waals surface area contributed by atoms with Gasteiger partial charge in [-0.1, -0.05) is 26.0 Å². The summed E-state index contributed by atoms with van der Waals surface area (Å²) in [4.78, 5) is 0. The lowest BCUT2D eigenvalue weighted by Crippen LogP contribution is -2.10. The highest BCUT2D eigenvalue weighted by atomic mass is 16.5. The normalized spacial score (nSPS) is 10.8. The first-order valence-corrected chi connectivity index (χ1v) is 8.28. The van der Waals surface area contributed by atoms with Gasteiger partial charge in [-0.2, -0.15) is 0 Å². The highest BCUT2D eigenvalue weighted by molar-refractivity contribution is 5.43. The molecule has 0 fully saturated rings. The first-order valence-electron chi connectivity index (χ1n) is 8.28. The summed E-state index contributed by atoms with van der Waals surface area (Å²) < 4.78 is 16.9. The largest absolute Gasteiger partial charge is 0.493 e. The Morgan fingerprint density at radius 2 is 1.71 bits per heavy atom. The van der Waals surface area contributed by atoms with Gasteiger partial charge in [0, 0.05) is 6.54 Å². The highest BCUT2D eigenvalue weighted by Crippen LogP contribution is 2.28. The number of benzene rings is 2. The molecule has 0 spiro atoms. The van der Waals surface area contributed by atoms with E-state index >= 15 is 0 Å². The Hall–Kier alpha value is -2.20.